The molecule has 82 valence electrons. The zero-order valence-electron chi connectivity index (χ0n) is 9.44. The van der Waals surface area contributed by atoms with Crippen molar-refractivity contribution in [3.05, 3.63) is 35.9 Å². The Labute approximate surface area is 91.6 Å². The summed E-state index contributed by atoms with van der Waals surface area (Å²) in [5, 5.41) is 3.53. The van der Waals surface area contributed by atoms with Gasteiger partial charge in [0.25, 0.3) is 0 Å². The first-order valence-electron chi connectivity index (χ1n) is 5.62. The van der Waals surface area contributed by atoms with Crippen LogP contribution in [0.3, 0.4) is 0 Å². The SMILES string of the molecule is COC(C)CNC1CC1c1ccccc1. The van der Waals surface area contributed by atoms with Gasteiger partial charge in [0.1, 0.15) is 0 Å². The standard InChI is InChI=1S/C13H19NO/c1-10(15-2)9-14-13-8-12(13)11-6-4-3-5-7-11/h3-7,10,12-14H,8-9H2,1-2H3. The van der Waals surface area contributed by atoms with Gasteiger partial charge in [-0.15, -0.1) is 0 Å². The maximum atomic E-state index is 5.21. The second-order valence-corrected chi connectivity index (χ2v) is 4.31. The number of methoxy groups -OCH3 is 1. The number of ether oxygens (including phenoxy) is 1. The van der Waals surface area contributed by atoms with Crippen molar-refractivity contribution in [1.82, 2.24) is 5.32 Å². The molecule has 2 nitrogen and oxygen atoms in total. The zero-order chi connectivity index (χ0) is 10.7. The quantitative estimate of drug-likeness (QED) is 0.795. The van der Waals surface area contributed by atoms with Gasteiger partial charge in [-0.2, -0.15) is 0 Å². The van der Waals surface area contributed by atoms with E-state index < -0.39 is 0 Å². The summed E-state index contributed by atoms with van der Waals surface area (Å²) in [5.41, 5.74) is 1.46. The molecule has 0 radical (unpaired) electrons. The third-order valence-corrected chi connectivity index (χ3v) is 3.09. The highest BCUT2D eigenvalue weighted by Gasteiger charge is 2.37. The van der Waals surface area contributed by atoms with Gasteiger partial charge in [-0.05, 0) is 18.9 Å². The van der Waals surface area contributed by atoms with Gasteiger partial charge >= 0.3 is 0 Å². The first-order valence-corrected chi connectivity index (χ1v) is 5.62. The Bertz CT molecular complexity index is 299. The van der Waals surface area contributed by atoms with Crippen LogP contribution in [0.2, 0.25) is 0 Å². The normalized spacial score (nSPS) is 26.3. The molecule has 0 spiro atoms. The Morgan fingerprint density at radius 2 is 2.13 bits per heavy atom. The molecule has 1 aromatic carbocycles. The second-order valence-electron chi connectivity index (χ2n) is 4.31. The van der Waals surface area contributed by atoms with Gasteiger partial charge in [0.15, 0.2) is 0 Å². The van der Waals surface area contributed by atoms with Crippen molar-refractivity contribution in [2.24, 2.45) is 0 Å². The van der Waals surface area contributed by atoms with Crippen LogP contribution < -0.4 is 5.32 Å². The highest BCUT2D eigenvalue weighted by Crippen LogP contribution is 2.40. The molecular formula is C13H19NO. The van der Waals surface area contributed by atoms with E-state index in [9.17, 15) is 0 Å². The van der Waals surface area contributed by atoms with E-state index in [2.05, 4.69) is 42.6 Å². The Kier molecular flexibility index (Phi) is 3.39. The fourth-order valence-electron chi connectivity index (χ4n) is 1.89. The maximum absolute atomic E-state index is 5.21. The molecule has 15 heavy (non-hydrogen) atoms. The summed E-state index contributed by atoms with van der Waals surface area (Å²) < 4.78 is 5.21. The Morgan fingerprint density at radius 1 is 1.40 bits per heavy atom. The van der Waals surface area contributed by atoms with Crippen molar-refractivity contribution in [3.63, 3.8) is 0 Å². The molecule has 1 fully saturated rings. The molecule has 1 aliphatic rings. The maximum Gasteiger partial charge on any atom is 0.0667 e. The summed E-state index contributed by atoms with van der Waals surface area (Å²) in [5.74, 6) is 0.718. The molecule has 1 aromatic rings. The topological polar surface area (TPSA) is 21.3 Å². The van der Waals surface area contributed by atoms with Crippen molar-refractivity contribution in [3.8, 4) is 0 Å². The van der Waals surface area contributed by atoms with Gasteiger partial charge in [-0.3, -0.25) is 0 Å². The van der Waals surface area contributed by atoms with E-state index in [-0.39, 0.29) is 0 Å². The predicted octanol–water partition coefficient (Wildman–Crippen LogP) is 2.17. The van der Waals surface area contributed by atoms with Crippen LogP contribution in [0.1, 0.15) is 24.8 Å². The molecule has 0 saturated heterocycles. The van der Waals surface area contributed by atoms with E-state index in [4.69, 9.17) is 4.74 Å². The van der Waals surface area contributed by atoms with E-state index in [1.165, 1.54) is 12.0 Å². The highest BCUT2D eigenvalue weighted by molar-refractivity contribution is 5.27. The lowest BCUT2D eigenvalue weighted by Crippen LogP contribution is -2.28. The first-order chi connectivity index (χ1) is 7.31. The molecule has 0 aromatic heterocycles. The molecule has 0 amide bonds. The smallest absolute Gasteiger partial charge is 0.0667 e. The van der Waals surface area contributed by atoms with E-state index in [1.54, 1.807) is 7.11 Å². The number of hydrogen-bond donors (Lipinski definition) is 1. The molecule has 1 aliphatic carbocycles. The van der Waals surface area contributed by atoms with Crippen molar-refractivity contribution in [2.45, 2.75) is 31.4 Å². The molecule has 1 N–H and O–H groups in total. The lowest BCUT2D eigenvalue weighted by molar-refractivity contribution is 0.117. The molecule has 3 atom stereocenters. The number of hydrogen-bond acceptors (Lipinski definition) is 2. The van der Waals surface area contributed by atoms with Gasteiger partial charge < -0.3 is 10.1 Å². The fraction of sp³-hybridized carbons (Fsp3) is 0.538. The van der Waals surface area contributed by atoms with Crippen molar-refractivity contribution >= 4 is 0 Å². The van der Waals surface area contributed by atoms with Crippen LogP contribution in [-0.2, 0) is 4.74 Å². The van der Waals surface area contributed by atoms with Crippen LogP contribution in [0.15, 0.2) is 30.3 Å². The van der Waals surface area contributed by atoms with E-state index in [0.29, 0.717) is 12.1 Å². The predicted molar refractivity (Wildman–Crippen MR) is 62.1 cm³/mol. The number of benzene rings is 1. The Hall–Kier alpha value is -0.860. The van der Waals surface area contributed by atoms with Gasteiger partial charge in [-0.25, -0.2) is 0 Å². The molecule has 0 aliphatic heterocycles. The largest absolute Gasteiger partial charge is 0.380 e. The highest BCUT2D eigenvalue weighted by atomic mass is 16.5. The Balaban J connectivity index is 1.77. The summed E-state index contributed by atoms with van der Waals surface area (Å²) in [6.07, 6.45) is 1.57. The molecule has 2 rings (SSSR count). The first kappa shape index (κ1) is 10.7. The van der Waals surface area contributed by atoms with Gasteiger partial charge in [0.05, 0.1) is 6.10 Å². The van der Waals surface area contributed by atoms with Gasteiger partial charge in [0, 0.05) is 25.6 Å². The summed E-state index contributed by atoms with van der Waals surface area (Å²) in [6, 6.07) is 11.4. The minimum Gasteiger partial charge on any atom is -0.380 e. The van der Waals surface area contributed by atoms with Crippen LogP contribution in [0.25, 0.3) is 0 Å². The second kappa shape index (κ2) is 4.77. The van der Waals surface area contributed by atoms with E-state index in [1.807, 2.05) is 0 Å². The lowest BCUT2D eigenvalue weighted by atomic mass is 10.1. The average Bonchev–Trinajstić information content (AvgIpc) is 3.06. The van der Waals surface area contributed by atoms with Gasteiger partial charge in [0.2, 0.25) is 0 Å². The lowest BCUT2D eigenvalue weighted by Gasteiger charge is -2.10. The summed E-state index contributed by atoms with van der Waals surface area (Å²) >= 11 is 0. The molecule has 3 unspecified atom stereocenters. The van der Waals surface area contributed by atoms with Crippen molar-refractivity contribution < 1.29 is 4.74 Å². The molecule has 0 heterocycles. The third kappa shape index (κ3) is 2.80. The van der Waals surface area contributed by atoms with Crippen LogP contribution in [0.4, 0.5) is 0 Å². The number of nitrogens with one attached hydrogen (secondary N) is 1. The van der Waals surface area contributed by atoms with Crippen LogP contribution in [-0.4, -0.2) is 25.8 Å². The summed E-state index contributed by atoms with van der Waals surface area (Å²) in [7, 11) is 1.76. The van der Waals surface area contributed by atoms with Gasteiger partial charge in [-0.1, -0.05) is 30.3 Å². The summed E-state index contributed by atoms with van der Waals surface area (Å²) in [6.45, 7) is 3.04. The zero-order valence-corrected chi connectivity index (χ0v) is 9.44. The van der Waals surface area contributed by atoms with E-state index in [0.717, 1.165) is 12.5 Å². The molecule has 2 heteroatoms. The number of rotatable bonds is 5. The third-order valence-electron chi connectivity index (χ3n) is 3.09. The molecular weight excluding hydrogens is 186 g/mol. The van der Waals surface area contributed by atoms with Crippen LogP contribution in [0.5, 0.6) is 0 Å². The molecule has 1 saturated carbocycles. The van der Waals surface area contributed by atoms with Crippen molar-refractivity contribution in [2.75, 3.05) is 13.7 Å². The van der Waals surface area contributed by atoms with Crippen LogP contribution in [0, 0.1) is 0 Å². The molecule has 0 bridgehead atoms. The minimum atomic E-state index is 0.307. The Morgan fingerprint density at radius 3 is 2.80 bits per heavy atom. The minimum absolute atomic E-state index is 0.307. The van der Waals surface area contributed by atoms with E-state index >= 15 is 0 Å². The van der Waals surface area contributed by atoms with Crippen LogP contribution >= 0.6 is 0 Å². The monoisotopic (exact) mass is 205 g/mol. The fourth-order valence-corrected chi connectivity index (χ4v) is 1.89. The summed E-state index contributed by atoms with van der Waals surface area (Å²) in [4.78, 5) is 0. The van der Waals surface area contributed by atoms with Crippen molar-refractivity contribution in [1.29, 1.82) is 0 Å². The average molecular weight is 205 g/mol.